The van der Waals surface area contributed by atoms with Gasteiger partial charge in [0.05, 0.1) is 9.83 Å². The third kappa shape index (κ3) is 3.43. The molecule has 0 spiro atoms. The normalized spacial score (nSPS) is 14.5. The Labute approximate surface area is 137 Å². The van der Waals surface area contributed by atoms with Crippen LogP contribution in [0.3, 0.4) is 0 Å². The van der Waals surface area contributed by atoms with Gasteiger partial charge in [0, 0.05) is 22.5 Å². The van der Waals surface area contributed by atoms with Crippen molar-refractivity contribution < 1.29 is 0 Å². The first-order valence-corrected chi connectivity index (χ1v) is 8.45. The van der Waals surface area contributed by atoms with Crippen molar-refractivity contribution in [1.82, 2.24) is 4.90 Å². The van der Waals surface area contributed by atoms with E-state index in [1.54, 1.807) is 11.3 Å². The van der Waals surface area contributed by atoms with Crippen molar-refractivity contribution in [3.63, 3.8) is 0 Å². The van der Waals surface area contributed by atoms with Crippen LogP contribution in [0.4, 0.5) is 0 Å². The summed E-state index contributed by atoms with van der Waals surface area (Å²) >= 11 is 11.5. The highest BCUT2D eigenvalue weighted by atomic mass is 79.9. The van der Waals surface area contributed by atoms with E-state index >= 15 is 0 Å². The third-order valence-corrected chi connectivity index (χ3v) is 5.67. The summed E-state index contributed by atoms with van der Waals surface area (Å²) in [6.07, 6.45) is 0. The number of halogens is 2. The highest BCUT2D eigenvalue weighted by Gasteiger charge is 2.23. The second kappa shape index (κ2) is 7.05. The molecule has 2 N–H and O–H groups in total. The second-order valence-electron chi connectivity index (χ2n) is 4.76. The lowest BCUT2D eigenvalue weighted by atomic mass is 10.0. The molecule has 0 aliphatic carbocycles. The zero-order valence-electron chi connectivity index (χ0n) is 11.5. The highest BCUT2D eigenvalue weighted by Crippen LogP contribution is 2.35. The number of hydrogen-bond donors (Lipinski definition) is 1. The molecule has 1 aromatic carbocycles. The first-order chi connectivity index (χ1) is 9.54. The number of likely N-dealkylation sites (N-methyl/N-ethyl adjacent to an activating group) is 1. The lowest BCUT2D eigenvalue weighted by Crippen LogP contribution is -2.32. The Hall–Kier alpha value is -0.390. The smallest absolute Gasteiger partial charge is 0.0702 e. The molecule has 2 rings (SSSR count). The van der Waals surface area contributed by atoms with Gasteiger partial charge in [0.25, 0.3) is 0 Å². The molecule has 0 radical (unpaired) electrons. The molecule has 0 saturated carbocycles. The van der Waals surface area contributed by atoms with Crippen molar-refractivity contribution >= 4 is 38.9 Å². The molecule has 0 amide bonds. The Balaban J connectivity index is 2.24. The van der Waals surface area contributed by atoms with Crippen molar-refractivity contribution in [1.29, 1.82) is 0 Å². The van der Waals surface area contributed by atoms with Gasteiger partial charge in [-0.15, -0.1) is 11.3 Å². The topological polar surface area (TPSA) is 29.3 Å². The molecule has 0 aliphatic rings. The van der Waals surface area contributed by atoms with Gasteiger partial charge in [-0.3, -0.25) is 4.90 Å². The largest absolute Gasteiger partial charge is 0.329 e. The molecule has 20 heavy (non-hydrogen) atoms. The standard InChI is InChI=1S/C15H18BrClN2S/c1-10(11-5-3-4-6-12(11)17)19(2)13(9-18)14-7-8-15(16)20-14/h3-8,10,13H,9,18H2,1-2H3. The fourth-order valence-electron chi connectivity index (χ4n) is 2.29. The Kier molecular flexibility index (Phi) is 5.64. The van der Waals surface area contributed by atoms with Crippen LogP contribution in [0.25, 0.3) is 0 Å². The molecule has 0 aliphatic heterocycles. The van der Waals surface area contributed by atoms with Gasteiger partial charge in [0.15, 0.2) is 0 Å². The number of thiophene rings is 1. The third-order valence-electron chi connectivity index (χ3n) is 3.60. The molecule has 0 saturated heterocycles. The summed E-state index contributed by atoms with van der Waals surface area (Å²) in [5, 5.41) is 0.801. The van der Waals surface area contributed by atoms with E-state index in [0.29, 0.717) is 6.54 Å². The minimum atomic E-state index is 0.192. The van der Waals surface area contributed by atoms with Crippen LogP contribution in [0.15, 0.2) is 40.2 Å². The minimum Gasteiger partial charge on any atom is -0.329 e. The van der Waals surface area contributed by atoms with Crippen LogP contribution in [0.1, 0.15) is 29.4 Å². The summed E-state index contributed by atoms with van der Waals surface area (Å²) in [4.78, 5) is 3.54. The van der Waals surface area contributed by atoms with E-state index < -0.39 is 0 Å². The fourth-order valence-corrected chi connectivity index (χ4v) is 4.18. The Morgan fingerprint density at radius 2 is 2.00 bits per heavy atom. The van der Waals surface area contributed by atoms with Crippen LogP contribution in [-0.2, 0) is 0 Å². The maximum Gasteiger partial charge on any atom is 0.0702 e. The van der Waals surface area contributed by atoms with Crippen LogP contribution in [-0.4, -0.2) is 18.5 Å². The van der Waals surface area contributed by atoms with Crippen molar-refractivity contribution in [3.8, 4) is 0 Å². The molecular formula is C15H18BrClN2S. The van der Waals surface area contributed by atoms with Crippen molar-refractivity contribution in [3.05, 3.63) is 55.6 Å². The molecule has 1 heterocycles. The van der Waals surface area contributed by atoms with Gasteiger partial charge in [0.2, 0.25) is 0 Å². The summed E-state index contributed by atoms with van der Waals surface area (Å²) in [7, 11) is 2.10. The highest BCUT2D eigenvalue weighted by molar-refractivity contribution is 9.11. The summed E-state index contributed by atoms with van der Waals surface area (Å²) in [6.45, 7) is 2.74. The van der Waals surface area contributed by atoms with Gasteiger partial charge in [-0.25, -0.2) is 0 Å². The monoisotopic (exact) mass is 372 g/mol. The molecule has 2 aromatic rings. The van der Waals surface area contributed by atoms with E-state index in [9.17, 15) is 0 Å². The fraction of sp³-hybridized carbons (Fsp3) is 0.333. The Bertz CT molecular complexity index is 573. The van der Waals surface area contributed by atoms with Crippen LogP contribution in [0, 0.1) is 0 Å². The van der Waals surface area contributed by atoms with Crippen LogP contribution in [0.2, 0.25) is 5.02 Å². The summed E-state index contributed by atoms with van der Waals surface area (Å²) in [5.74, 6) is 0. The van der Waals surface area contributed by atoms with Gasteiger partial charge in [-0.2, -0.15) is 0 Å². The maximum atomic E-state index is 6.30. The molecule has 2 atom stereocenters. The lowest BCUT2D eigenvalue weighted by molar-refractivity contribution is 0.193. The van der Waals surface area contributed by atoms with E-state index in [-0.39, 0.29) is 12.1 Å². The van der Waals surface area contributed by atoms with Crippen LogP contribution < -0.4 is 5.73 Å². The van der Waals surface area contributed by atoms with Gasteiger partial charge < -0.3 is 5.73 Å². The summed E-state index contributed by atoms with van der Waals surface area (Å²) < 4.78 is 1.13. The molecule has 0 fully saturated rings. The van der Waals surface area contributed by atoms with Crippen LogP contribution >= 0.6 is 38.9 Å². The number of benzene rings is 1. The molecular weight excluding hydrogens is 356 g/mol. The van der Waals surface area contributed by atoms with Gasteiger partial charge in [0.1, 0.15) is 0 Å². The van der Waals surface area contributed by atoms with Crippen molar-refractivity contribution in [2.45, 2.75) is 19.0 Å². The molecule has 108 valence electrons. The Morgan fingerprint density at radius 1 is 1.30 bits per heavy atom. The van der Waals surface area contributed by atoms with Gasteiger partial charge in [-0.1, -0.05) is 29.8 Å². The number of hydrogen-bond acceptors (Lipinski definition) is 3. The maximum absolute atomic E-state index is 6.30. The van der Waals surface area contributed by atoms with E-state index in [1.165, 1.54) is 4.88 Å². The molecule has 2 unspecified atom stereocenters. The predicted molar refractivity (Wildman–Crippen MR) is 91.4 cm³/mol. The molecule has 1 aromatic heterocycles. The zero-order valence-corrected chi connectivity index (χ0v) is 14.7. The Morgan fingerprint density at radius 3 is 2.55 bits per heavy atom. The van der Waals surface area contributed by atoms with Gasteiger partial charge >= 0.3 is 0 Å². The van der Waals surface area contributed by atoms with E-state index in [2.05, 4.69) is 53.0 Å². The number of nitrogens with two attached hydrogens (primary N) is 1. The predicted octanol–water partition coefficient (Wildman–Crippen LogP) is 4.86. The first kappa shape index (κ1) is 16.0. The SMILES string of the molecule is CC(c1ccccc1Cl)N(C)C(CN)c1ccc(Br)s1. The van der Waals surface area contributed by atoms with Crippen molar-refractivity contribution in [2.24, 2.45) is 5.73 Å². The summed E-state index contributed by atoms with van der Waals surface area (Å²) in [6, 6.07) is 12.6. The number of rotatable bonds is 5. The average molecular weight is 374 g/mol. The minimum absolute atomic E-state index is 0.192. The summed E-state index contributed by atoms with van der Waals surface area (Å²) in [5.41, 5.74) is 7.12. The van der Waals surface area contributed by atoms with Crippen LogP contribution in [0.5, 0.6) is 0 Å². The van der Waals surface area contributed by atoms with E-state index in [1.807, 2.05) is 18.2 Å². The average Bonchev–Trinajstić information content (AvgIpc) is 2.85. The molecule has 5 heteroatoms. The van der Waals surface area contributed by atoms with E-state index in [4.69, 9.17) is 17.3 Å². The second-order valence-corrected chi connectivity index (χ2v) is 7.66. The zero-order chi connectivity index (χ0) is 14.7. The first-order valence-electron chi connectivity index (χ1n) is 6.46. The van der Waals surface area contributed by atoms with E-state index in [0.717, 1.165) is 14.4 Å². The van der Waals surface area contributed by atoms with Gasteiger partial charge in [-0.05, 0) is 53.7 Å². The number of nitrogens with zero attached hydrogens (tertiary/aromatic N) is 1. The molecule has 0 bridgehead atoms. The quantitative estimate of drug-likeness (QED) is 0.811. The van der Waals surface area contributed by atoms with Crippen molar-refractivity contribution in [2.75, 3.05) is 13.6 Å². The molecule has 2 nitrogen and oxygen atoms in total. The lowest BCUT2D eigenvalue weighted by Gasteiger charge is -2.32.